The summed E-state index contributed by atoms with van der Waals surface area (Å²) in [5, 5.41) is 8.58. The predicted octanol–water partition coefficient (Wildman–Crippen LogP) is 0.571. The van der Waals surface area contributed by atoms with E-state index in [1.165, 1.54) is 0 Å². The highest BCUT2D eigenvalue weighted by atomic mass is 16.6. The average Bonchev–Trinajstić information content (AvgIpc) is 1.79. The monoisotopic (exact) mass is 126 g/mol. The maximum Gasteiger partial charge on any atom is 0.0865 e. The number of nitriles is 1. The Morgan fingerprint density at radius 1 is 1.67 bits per heavy atom. The lowest BCUT2D eigenvalue weighted by atomic mass is 9.71. The van der Waals surface area contributed by atoms with Crippen molar-refractivity contribution in [3.63, 3.8) is 0 Å². The first-order valence-electron chi connectivity index (χ1n) is 3.06. The Kier molecular flexibility index (Phi) is 1.70. The van der Waals surface area contributed by atoms with Gasteiger partial charge in [-0.3, -0.25) is 0 Å². The highest BCUT2D eigenvalue weighted by Crippen LogP contribution is 2.39. The van der Waals surface area contributed by atoms with Crippen LogP contribution in [0.5, 0.6) is 0 Å². The molecule has 9 heavy (non-hydrogen) atoms. The summed E-state index contributed by atoms with van der Waals surface area (Å²) >= 11 is 0. The van der Waals surface area contributed by atoms with Gasteiger partial charge in [-0.25, -0.2) is 5.90 Å². The SMILES string of the molecule is N#CC1(CON)CCC1. The van der Waals surface area contributed by atoms with Gasteiger partial charge >= 0.3 is 0 Å². The van der Waals surface area contributed by atoms with Crippen LogP contribution in [0.15, 0.2) is 0 Å². The molecule has 0 aromatic rings. The molecule has 0 heterocycles. The molecular weight excluding hydrogens is 116 g/mol. The molecule has 0 amide bonds. The topological polar surface area (TPSA) is 59.0 Å². The maximum absolute atomic E-state index is 8.58. The van der Waals surface area contributed by atoms with Crippen molar-refractivity contribution in [2.24, 2.45) is 11.3 Å². The third-order valence-electron chi connectivity index (χ3n) is 1.91. The van der Waals surface area contributed by atoms with Gasteiger partial charge in [0.25, 0.3) is 0 Å². The quantitative estimate of drug-likeness (QED) is 0.550. The van der Waals surface area contributed by atoms with Gasteiger partial charge in [0.2, 0.25) is 0 Å². The van der Waals surface area contributed by atoms with Crippen molar-refractivity contribution in [1.29, 1.82) is 5.26 Å². The van der Waals surface area contributed by atoms with Gasteiger partial charge in [-0.2, -0.15) is 5.26 Å². The van der Waals surface area contributed by atoms with Gasteiger partial charge in [-0.05, 0) is 12.8 Å². The number of nitrogens with two attached hydrogens (primary N) is 1. The van der Waals surface area contributed by atoms with Crippen LogP contribution in [-0.4, -0.2) is 6.61 Å². The van der Waals surface area contributed by atoms with Crippen LogP contribution in [0.2, 0.25) is 0 Å². The smallest absolute Gasteiger partial charge is 0.0865 e. The molecule has 0 bridgehead atoms. The van der Waals surface area contributed by atoms with Crippen LogP contribution in [0.3, 0.4) is 0 Å². The van der Waals surface area contributed by atoms with Crippen LogP contribution in [0, 0.1) is 16.7 Å². The molecule has 3 nitrogen and oxygen atoms in total. The molecule has 0 unspecified atom stereocenters. The zero-order valence-corrected chi connectivity index (χ0v) is 5.26. The second-order valence-electron chi connectivity index (χ2n) is 2.56. The average molecular weight is 126 g/mol. The Morgan fingerprint density at radius 2 is 2.33 bits per heavy atom. The van der Waals surface area contributed by atoms with Crippen molar-refractivity contribution in [3.05, 3.63) is 0 Å². The fourth-order valence-corrected chi connectivity index (χ4v) is 1.05. The molecule has 1 aliphatic rings. The molecule has 0 saturated heterocycles. The number of hydrogen-bond donors (Lipinski definition) is 1. The summed E-state index contributed by atoms with van der Waals surface area (Å²) in [6, 6.07) is 2.21. The second kappa shape index (κ2) is 2.34. The molecule has 1 rings (SSSR count). The summed E-state index contributed by atoms with van der Waals surface area (Å²) in [6.45, 7) is 0.392. The van der Waals surface area contributed by atoms with E-state index in [0.717, 1.165) is 19.3 Å². The van der Waals surface area contributed by atoms with E-state index in [4.69, 9.17) is 11.2 Å². The Bertz CT molecular complexity index is 134. The Hall–Kier alpha value is -0.590. The number of rotatable bonds is 2. The van der Waals surface area contributed by atoms with Crippen LogP contribution in [0.1, 0.15) is 19.3 Å². The summed E-state index contributed by atoms with van der Waals surface area (Å²) < 4.78 is 0. The lowest BCUT2D eigenvalue weighted by Crippen LogP contribution is -2.33. The molecule has 2 N–H and O–H groups in total. The Labute approximate surface area is 54.4 Å². The van der Waals surface area contributed by atoms with Gasteiger partial charge in [0.1, 0.15) is 0 Å². The third kappa shape index (κ3) is 1.04. The van der Waals surface area contributed by atoms with E-state index in [1.807, 2.05) is 0 Å². The van der Waals surface area contributed by atoms with E-state index in [9.17, 15) is 0 Å². The van der Waals surface area contributed by atoms with Crippen molar-refractivity contribution in [3.8, 4) is 6.07 Å². The van der Waals surface area contributed by atoms with Gasteiger partial charge in [-0.15, -0.1) is 0 Å². The minimum Gasteiger partial charge on any atom is -0.303 e. The lowest BCUT2D eigenvalue weighted by Gasteiger charge is -2.33. The fourth-order valence-electron chi connectivity index (χ4n) is 1.05. The molecule has 1 saturated carbocycles. The van der Waals surface area contributed by atoms with Crippen LogP contribution in [-0.2, 0) is 4.84 Å². The van der Waals surface area contributed by atoms with Crippen molar-refractivity contribution >= 4 is 0 Å². The van der Waals surface area contributed by atoms with E-state index < -0.39 is 0 Å². The summed E-state index contributed by atoms with van der Waals surface area (Å²) in [4.78, 5) is 4.42. The van der Waals surface area contributed by atoms with Crippen molar-refractivity contribution in [2.75, 3.05) is 6.61 Å². The van der Waals surface area contributed by atoms with E-state index in [0.29, 0.717) is 6.61 Å². The zero-order chi connectivity index (χ0) is 6.74. The molecule has 50 valence electrons. The van der Waals surface area contributed by atoms with Crippen molar-refractivity contribution in [1.82, 2.24) is 0 Å². The fraction of sp³-hybridized carbons (Fsp3) is 0.833. The molecule has 0 atom stereocenters. The number of hydrogen-bond acceptors (Lipinski definition) is 3. The van der Waals surface area contributed by atoms with Crippen LogP contribution < -0.4 is 5.90 Å². The summed E-state index contributed by atoms with van der Waals surface area (Å²) in [5.41, 5.74) is -0.227. The molecule has 1 aliphatic carbocycles. The molecular formula is C6H10N2O. The first-order valence-corrected chi connectivity index (χ1v) is 3.06. The van der Waals surface area contributed by atoms with Crippen molar-refractivity contribution in [2.45, 2.75) is 19.3 Å². The molecule has 0 radical (unpaired) electrons. The van der Waals surface area contributed by atoms with E-state index in [-0.39, 0.29) is 5.41 Å². The van der Waals surface area contributed by atoms with Crippen LogP contribution in [0.25, 0.3) is 0 Å². The molecule has 0 spiro atoms. The summed E-state index contributed by atoms with van der Waals surface area (Å²) in [5.74, 6) is 4.85. The minimum atomic E-state index is -0.227. The van der Waals surface area contributed by atoms with E-state index in [2.05, 4.69) is 10.9 Å². The van der Waals surface area contributed by atoms with Crippen LogP contribution >= 0.6 is 0 Å². The largest absolute Gasteiger partial charge is 0.303 e. The Morgan fingerprint density at radius 3 is 2.44 bits per heavy atom. The highest BCUT2D eigenvalue weighted by molar-refractivity contribution is 5.04. The lowest BCUT2D eigenvalue weighted by molar-refractivity contribution is 0.0306. The first-order chi connectivity index (χ1) is 4.33. The highest BCUT2D eigenvalue weighted by Gasteiger charge is 2.37. The van der Waals surface area contributed by atoms with Crippen molar-refractivity contribution < 1.29 is 4.84 Å². The zero-order valence-electron chi connectivity index (χ0n) is 5.26. The minimum absolute atomic E-state index is 0.227. The summed E-state index contributed by atoms with van der Waals surface area (Å²) in [6.07, 6.45) is 3.03. The standard InChI is InChI=1S/C6H10N2O/c7-4-6(5-9-8)2-1-3-6/h1-3,5,8H2. The van der Waals surface area contributed by atoms with E-state index >= 15 is 0 Å². The third-order valence-corrected chi connectivity index (χ3v) is 1.91. The van der Waals surface area contributed by atoms with Crippen LogP contribution in [0.4, 0.5) is 0 Å². The molecule has 0 aromatic carbocycles. The first kappa shape index (κ1) is 6.53. The normalized spacial score (nSPS) is 22.2. The van der Waals surface area contributed by atoms with Gasteiger partial charge in [0.15, 0.2) is 0 Å². The maximum atomic E-state index is 8.58. The van der Waals surface area contributed by atoms with Gasteiger partial charge in [0.05, 0.1) is 18.1 Å². The number of nitrogens with zero attached hydrogens (tertiary/aromatic N) is 1. The molecule has 0 aromatic heterocycles. The summed E-state index contributed by atoms with van der Waals surface area (Å²) in [7, 11) is 0. The van der Waals surface area contributed by atoms with Gasteiger partial charge < -0.3 is 4.84 Å². The molecule has 3 heteroatoms. The second-order valence-corrected chi connectivity index (χ2v) is 2.56. The van der Waals surface area contributed by atoms with Gasteiger partial charge in [0, 0.05) is 0 Å². The Balaban J connectivity index is 2.40. The molecule has 1 fully saturated rings. The predicted molar refractivity (Wildman–Crippen MR) is 32.0 cm³/mol. The van der Waals surface area contributed by atoms with Gasteiger partial charge in [-0.1, -0.05) is 6.42 Å². The van der Waals surface area contributed by atoms with E-state index in [1.54, 1.807) is 0 Å². The molecule has 0 aliphatic heterocycles.